The third kappa shape index (κ3) is 3.62. The van der Waals surface area contributed by atoms with Gasteiger partial charge in [0.2, 0.25) is 0 Å². The summed E-state index contributed by atoms with van der Waals surface area (Å²) in [5.41, 5.74) is 3.37. The zero-order chi connectivity index (χ0) is 18.7. The molecule has 0 saturated heterocycles. The zero-order valence-electron chi connectivity index (χ0n) is 14.1. The van der Waals surface area contributed by atoms with Crippen LogP contribution in [0.5, 0.6) is 5.75 Å². The summed E-state index contributed by atoms with van der Waals surface area (Å²) in [6.07, 6.45) is 2.16. The molecule has 0 bridgehead atoms. The molecule has 0 amide bonds. The number of phenolic OH excluding ortho intramolecular Hbond substituents is 1. The van der Waals surface area contributed by atoms with Crippen LogP contribution in [0, 0.1) is 25.2 Å². The largest absolute Gasteiger partial charge is 0.506 e. The summed E-state index contributed by atoms with van der Waals surface area (Å²) in [5.74, 6) is -0.886. The van der Waals surface area contributed by atoms with E-state index in [1.807, 2.05) is 13.8 Å². The molecule has 0 heterocycles. The highest BCUT2D eigenvalue weighted by molar-refractivity contribution is 6.35. The lowest BCUT2D eigenvalue weighted by atomic mass is 9.95. The average molecular weight is 354 g/mol. The average Bonchev–Trinajstić information content (AvgIpc) is 2.57. The summed E-state index contributed by atoms with van der Waals surface area (Å²) in [5, 5.41) is 19.2. The molecule has 0 aromatic heterocycles. The van der Waals surface area contributed by atoms with E-state index < -0.39 is 11.5 Å². The maximum atomic E-state index is 12.7. The van der Waals surface area contributed by atoms with E-state index in [1.165, 1.54) is 12.1 Å². The number of Topliss-reactive ketones (excluding diaryl/α,β-unsaturated/α-hetero) is 1. The number of carbonyl (C=O) groups is 2. The second-order valence-electron chi connectivity index (χ2n) is 5.77. The molecular formula is C20H16ClNO3. The molecule has 4 nitrogen and oxygen atoms in total. The smallest absolute Gasteiger partial charge is 0.194 e. The molecule has 0 atom stereocenters. The Kier molecular flexibility index (Phi) is 5.41. The summed E-state index contributed by atoms with van der Waals surface area (Å²) in [7, 11) is 0. The van der Waals surface area contributed by atoms with Gasteiger partial charge in [0, 0.05) is 0 Å². The molecule has 0 aliphatic heterocycles. The van der Waals surface area contributed by atoms with Gasteiger partial charge >= 0.3 is 0 Å². The van der Waals surface area contributed by atoms with Crippen LogP contribution in [0.15, 0.2) is 29.8 Å². The van der Waals surface area contributed by atoms with Crippen molar-refractivity contribution in [1.82, 2.24) is 0 Å². The van der Waals surface area contributed by atoms with Gasteiger partial charge in [-0.2, -0.15) is 5.26 Å². The first kappa shape index (κ1) is 18.4. The lowest BCUT2D eigenvalue weighted by molar-refractivity contribution is 0.103. The number of rotatable bonds is 4. The number of ketones is 1. The fraction of sp³-hybridized carbons (Fsp3) is 0.150. The van der Waals surface area contributed by atoms with E-state index in [0.29, 0.717) is 17.4 Å². The monoisotopic (exact) mass is 353 g/mol. The van der Waals surface area contributed by atoms with Crippen LogP contribution in [-0.2, 0) is 0 Å². The summed E-state index contributed by atoms with van der Waals surface area (Å²) < 4.78 is 0. The molecule has 0 radical (unpaired) electrons. The Morgan fingerprint density at radius 2 is 1.84 bits per heavy atom. The topological polar surface area (TPSA) is 78.2 Å². The molecule has 5 heteroatoms. The molecule has 0 unspecified atom stereocenters. The second kappa shape index (κ2) is 7.33. The van der Waals surface area contributed by atoms with E-state index in [9.17, 15) is 14.7 Å². The maximum Gasteiger partial charge on any atom is 0.194 e. The van der Waals surface area contributed by atoms with Crippen molar-refractivity contribution < 1.29 is 14.7 Å². The van der Waals surface area contributed by atoms with Gasteiger partial charge in [0.05, 0.1) is 27.8 Å². The second-order valence-corrected chi connectivity index (χ2v) is 6.18. The number of hydrogen-bond donors (Lipinski definition) is 1. The highest BCUT2D eigenvalue weighted by Crippen LogP contribution is 2.31. The molecule has 1 N–H and O–H groups in total. The van der Waals surface area contributed by atoms with E-state index in [0.717, 1.165) is 16.7 Å². The van der Waals surface area contributed by atoms with Crippen molar-refractivity contribution >= 4 is 29.7 Å². The summed E-state index contributed by atoms with van der Waals surface area (Å²) in [6, 6.07) is 8.35. The van der Waals surface area contributed by atoms with E-state index in [-0.39, 0.29) is 16.1 Å². The molecule has 0 aliphatic carbocycles. The summed E-state index contributed by atoms with van der Waals surface area (Å²) in [4.78, 5) is 23.7. The van der Waals surface area contributed by atoms with Crippen LogP contribution in [0.2, 0.25) is 5.02 Å². The number of nitrogens with zero attached hydrogens (tertiary/aromatic N) is 1. The van der Waals surface area contributed by atoms with Crippen molar-refractivity contribution in [3.8, 4) is 11.8 Å². The van der Waals surface area contributed by atoms with Crippen LogP contribution in [-0.4, -0.2) is 17.2 Å². The Bertz CT molecular complexity index is 929. The Balaban J connectivity index is 2.54. The van der Waals surface area contributed by atoms with E-state index in [2.05, 4.69) is 6.07 Å². The van der Waals surface area contributed by atoms with E-state index in [1.54, 1.807) is 25.1 Å². The quantitative estimate of drug-likeness (QED) is 0.493. The van der Waals surface area contributed by atoms with Crippen LogP contribution in [0.4, 0.5) is 0 Å². The van der Waals surface area contributed by atoms with Crippen molar-refractivity contribution in [3.05, 3.63) is 68.2 Å². The minimum absolute atomic E-state index is 0.00582. The van der Waals surface area contributed by atoms with Gasteiger partial charge in [-0.05, 0) is 73.4 Å². The van der Waals surface area contributed by atoms with Crippen molar-refractivity contribution in [1.29, 1.82) is 5.26 Å². The third-order valence-corrected chi connectivity index (χ3v) is 4.27. The van der Waals surface area contributed by atoms with Crippen molar-refractivity contribution in [2.75, 3.05) is 0 Å². The number of allylic oxidation sites excluding steroid dienone is 1. The van der Waals surface area contributed by atoms with Gasteiger partial charge in [-0.15, -0.1) is 0 Å². The number of halogens is 1. The van der Waals surface area contributed by atoms with Crippen LogP contribution >= 0.6 is 11.6 Å². The van der Waals surface area contributed by atoms with Gasteiger partial charge in [0.15, 0.2) is 12.1 Å². The number of aromatic hydroxyl groups is 1. The molecular weight excluding hydrogens is 338 g/mol. The van der Waals surface area contributed by atoms with Gasteiger partial charge in [0.1, 0.15) is 5.75 Å². The van der Waals surface area contributed by atoms with Gasteiger partial charge in [-0.1, -0.05) is 11.6 Å². The predicted octanol–water partition coefficient (Wildman–Crippen LogP) is 4.63. The van der Waals surface area contributed by atoms with Gasteiger partial charge in [-0.25, -0.2) is 0 Å². The first-order valence-electron chi connectivity index (χ1n) is 7.51. The molecule has 0 spiro atoms. The standard InChI is InChI=1S/C20H16ClNO3/c1-11-6-14(9-22)7-12(2)16(11)8-13(3)19(24)18-17(21)5-4-15(10-23)20(18)25/h4-8,10,25H,1-3H3/b13-8+. The number of carbonyl (C=O) groups excluding carboxylic acids is 2. The summed E-state index contributed by atoms with van der Waals surface area (Å²) >= 11 is 6.04. The van der Waals surface area contributed by atoms with Crippen molar-refractivity contribution in [3.63, 3.8) is 0 Å². The maximum absolute atomic E-state index is 12.7. The van der Waals surface area contributed by atoms with Crippen LogP contribution < -0.4 is 0 Å². The number of hydrogen-bond acceptors (Lipinski definition) is 4. The van der Waals surface area contributed by atoms with Gasteiger partial charge in [-0.3, -0.25) is 9.59 Å². The Labute approximate surface area is 151 Å². The molecule has 0 aliphatic rings. The molecule has 2 rings (SSSR count). The first-order chi connectivity index (χ1) is 11.8. The summed E-state index contributed by atoms with van der Waals surface area (Å²) in [6.45, 7) is 5.33. The fourth-order valence-electron chi connectivity index (χ4n) is 2.64. The third-order valence-electron chi connectivity index (χ3n) is 3.95. The van der Waals surface area contributed by atoms with Crippen LogP contribution in [0.1, 0.15) is 49.9 Å². The molecule has 2 aromatic rings. The number of aryl methyl sites for hydroxylation is 2. The van der Waals surface area contributed by atoms with E-state index in [4.69, 9.17) is 16.9 Å². The SMILES string of the molecule is C/C(=C\c1c(C)cc(C#N)cc1C)C(=O)c1c(Cl)ccc(C=O)c1O. The number of benzene rings is 2. The van der Waals surface area contributed by atoms with Crippen LogP contribution in [0.25, 0.3) is 6.08 Å². The van der Waals surface area contributed by atoms with Crippen LogP contribution in [0.3, 0.4) is 0 Å². The molecule has 0 fully saturated rings. The fourth-order valence-corrected chi connectivity index (χ4v) is 2.88. The minimum atomic E-state index is -0.464. The van der Waals surface area contributed by atoms with Gasteiger partial charge in [0.25, 0.3) is 0 Å². The Morgan fingerprint density at radius 3 is 2.36 bits per heavy atom. The predicted molar refractivity (Wildman–Crippen MR) is 97.1 cm³/mol. The molecule has 0 saturated carbocycles. The Hall–Kier alpha value is -2.90. The number of nitriles is 1. The highest BCUT2D eigenvalue weighted by Gasteiger charge is 2.20. The number of aldehydes is 1. The molecule has 25 heavy (non-hydrogen) atoms. The van der Waals surface area contributed by atoms with Gasteiger partial charge < -0.3 is 5.11 Å². The Morgan fingerprint density at radius 1 is 1.24 bits per heavy atom. The normalized spacial score (nSPS) is 11.1. The number of phenols is 1. The van der Waals surface area contributed by atoms with E-state index >= 15 is 0 Å². The zero-order valence-corrected chi connectivity index (χ0v) is 14.8. The molecule has 126 valence electrons. The lowest BCUT2D eigenvalue weighted by Crippen LogP contribution is -2.04. The first-order valence-corrected chi connectivity index (χ1v) is 7.89. The highest BCUT2D eigenvalue weighted by atomic mass is 35.5. The van der Waals surface area contributed by atoms with Crippen molar-refractivity contribution in [2.45, 2.75) is 20.8 Å². The molecule has 2 aromatic carbocycles. The lowest BCUT2D eigenvalue weighted by Gasteiger charge is -2.10. The van der Waals surface area contributed by atoms with Crippen molar-refractivity contribution in [2.24, 2.45) is 0 Å². The minimum Gasteiger partial charge on any atom is -0.506 e.